The van der Waals surface area contributed by atoms with Crippen molar-refractivity contribution in [3.8, 4) is 11.5 Å². The topological polar surface area (TPSA) is 74.4 Å². The molecule has 2 aromatic heterocycles. The van der Waals surface area contributed by atoms with Crippen LogP contribution in [-0.2, 0) is 6.42 Å². The lowest BCUT2D eigenvalue weighted by molar-refractivity contribution is 0.103. The molecule has 0 spiro atoms. The first-order chi connectivity index (χ1) is 15.3. The van der Waals surface area contributed by atoms with Crippen molar-refractivity contribution in [2.45, 2.75) is 13.3 Å². The third kappa shape index (κ3) is 3.78. The molecule has 0 saturated carbocycles. The van der Waals surface area contributed by atoms with E-state index in [0.29, 0.717) is 12.1 Å². The van der Waals surface area contributed by atoms with E-state index in [2.05, 4.69) is 4.98 Å². The number of nitrogen functional groups attached to an aromatic ring is 1. The average Bonchev–Trinajstić information content (AvgIpc) is 3.20. The van der Waals surface area contributed by atoms with Gasteiger partial charge in [-0.25, -0.2) is 8.78 Å². The highest BCUT2D eigenvalue weighted by Crippen LogP contribution is 2.35. The number of aryl methyl sites for hydroxylation is 1. The van der Waals surface area contributed by atoms with Crippen LogP contribution in [0.15, 0.2) is 42.6 Å². The molecule has 0 amide bonds. The van der Waals surface area contributed by atoms with Crippen molar-refractivity contribution in [1.82, 2.24) is 4.98 Å². The van der Waals surface area contributed by atoms with Crippen molar-refractivity contribution < 1.29 is 23.0 Å². The van der Waals surface area contributed by atoms with Crippen LogP contribution in [0.25, 0.3) is 10.1 Å². The van der Waals surface area contributed by atoms with Gasteiger partial charge in [0.15, 0.2) is 23.1 Å². The Kier molecular flexibility index (Phi) is 5.80. The van der Waals surface area contributed by atoms with Crippen LogP contribution in [0, 0.1) is 18.6 Å². The third-order valence-corrected chi connectivity index (χ3v) is 6.37. The molecule has 0 fully saturated rings. The number of ketones is 1. The molecule has 164 valence electrons. The molecule has 2 aromatic carbocycles. The fourth-order valence-electron chi connectivity index (χ4n) is 3.56. The summed E-state index contributed by atoms with van der Waals surface area (Å²) in [6.07, 6.45) is 2.18. The second-order valence-electron chi connectivity index (χ2n) is 7.26. The number of aromatic nitrogens is 1. The lowest BCUT2D eigenvalue weighted by Crippen LogP contribution is -2.09. The molecule has 4 rings (SSSR count). The molecule has 0 atom stereocenters. The number of hydrogen-bond donors (Lipinski definition) is 1. The van der Waals surface area contributed by atoms with Gasteiger partial charge < -0.3 is 15.2 Å². The monoisotopic (exact) mass is 454 g/mol. The van der Waals surface area contributed by atoms with Crippen LogP contribution in [-0.4, -0.2) is 25.0 Å². The number of benzene rings is 2. The average molecular weight is 454 g/mol. The molecule has 0 radical (unpaired) electrons. The Hall–Kier alpha value is -3.52. The van der Waals surface area contributed by atoms with E-state index >= 15 is 0 Å². The Labute approximate surface area is 187 Å². The van der Waals surface area contributed by atoms with Crippen LogP contribution in [0.3, 0.4) is 0 Å². The van der Waals surface area contributed by atoms with Crippen molar-refractivity contribution in [2.75, 3.05) is 20.0 Å². The van der Waals surface area contributed by atoms with E-state index in [4.69, 9.17) is 15.2 Å². The molecule has 0 aliphatic carbocycles. The standard InChI is InChI=1S/C24H20F2N2O3S/c1-12-5-4-6-16(27)15(12)9-14-7-13-8-19(32-20(13)11-28-14)24(29)21-22(25)17(30-2)10-18(31-3)23(21)26/h4-8,10-11H,9,27H2,1-3H3. The quantitative estimate of drug-likeness (QED) is 0.316. The van der Waals surface area contributed by atoms with E-state index in [0.717, 1.165) is 44.3 Å². The molecule has 0 bridgehead atoms. The Bertz CT molecular complexity index is 1300. The Morgan fingerprint density at radius 1 is 1.09 bits per heavy atom. The minimum atomic E-state index is -1.07. The Balaban J connectivity index is 1.73. The van der Waals surface area contributed by atoms with Gasteiger partial charge in [0.1, 0.15) is 5.56 Å². The number of halogens is 2. The summed E-state index contributed by atoms with van der Waals surface area (Å²) in [6, 6.07) is 10.3. The first kappa shape index (κ1) is 21.7. The molecule has 0 aliphatic heterocycles. The van der Waals surface area contributed by atoms with Gasteiger partial charge in [-0.15, -0.1) is 11.3 Å². The number of fused-ring (bicyclic) bond motifs is 1. The fraction of sp³-hybridized carbons (Fsp3) is 0.167. The SMILES string of the molecule is COc1cc(OC)c(F)c(C(=O)c2cc3cc(Cc4c(C)cccc4N)ncc3s2)c1F. The lowest BCUT2D eigenvalue weighted by atomic mass is 10.0. The summed E-state index contributed by atoms with van der Waals surface area (Å²) in [5, 5.41) is 0.756. The second-order valence-corrected chi connectivity index (χ2v) is 8.34. The molecule has 32 heavy (non-hydrogen) atoms. The molecule has 0 aliphatic rings. The van der Waals surface area contributed by atoms with Crippen molar-refractivity contribution in [1.29, 1.82) is 0 Å². The Morgan fingerprint density at radius 2 is 1.78 bits per heavy atom. The van der Waals surface area contributed by atoms with Gasteiger partial charge >= 0.3 is 0 Å². The molecule has 8 heteroatoms. The number of anilines is 1. The van der Waals surface area contributed by atoms with Crippen LogP contribution in [0.1, 0.15) is 32.1 Å². The number of nitrogens with zero attached hydrogens (tertiary/aromatic N) is 1. The van der Waals surface area contributed by atoms with Gasteiger partial charge in [0.2, 0.25) is 5.78 Å². The number of carbonyl (C=O) groups excluding carboxylic acids is 1. The highest BCUT2D eigenvalue weighted by Gasteiger charge is 2.27. The molecule has 2 heterocycles. The number of methoxy groups -OCH3 is 2. The van der Waals surface area contributed by atoms with E-state index < -0.39 is 23.0 Å². The molecule has 0 saturated heterocycles. The van der Waals surface area contributed by atoms with Crippen LogP contribution in [0.4, 0.5) is 14.5 Å². The summed E-state index contributed by atoms with van der Waals surface area (Å²) >= 11 is 1.11. The number of pyridine rings is 1. The molecule has 4 aromatic rings. The highest BCUT2D eigenvalue weighted by atomic mass is 32.1. The van der Waals surface area contributed by atoms with Crippen molar-refractivity contribution in [2.24, 2.45) is 0 Å². The smallest absolute Gasteiger partial charge is 0.209 e. The van der Waals surface area contributed by atoms with Gasteiger partial charge in [-0.05, 0) is 41.6 Å². The molecule has 5 nitrogen and oxygen atoms in total. The van der Waals surface area contributed by atoms with Crippen LogP contribution >= 0.6 is 11.3 Å². The van der Waals surface area contributed by atoms with Gasteiger partial charge in [-0.1, -0.05) is 12.1 Å². The van der Waals surface area contributed by atoms with Crippen molar-refractivity contribution in [3.05, 3.63) is 81.5 Å². The summed E-state index contributed by atoms with van der Waals surface area (Å²) < 4.78 is 40.1. The van der Waals surface area contributed by atoms with E-state index in [1.54, 1.807) is 12.3 Å². The lowest BCUT2D eigenvalue weighted by Gasteiger charge is -2.11. The Morgan fingerprint density at radius 3 is 2.41 bits per heavy atom. The normalized spacial score (nSPS) is 11.0. The first-order valence-electron chi connectivity index (χ1n) is 9.71. The predicted octanol–water partition coefficient (Wildman–Crippen LogP) is 5.30. The maximum atomic E-state index is 14.8. The number of hydrogen-bond acceptors (Lipinski definition) is 6. The zero-order valence-corrected chi connectivity index (χ0v) is 18.5. The summed E-state index contributed by atoms with van der Waals surface area (Å²) in [6.45, 7) is 1.98. The van der Waals surface area contributed by atoms with E-state index in [1.807, 2.05) is 31.2 Å². The van der Waals surface area contributed by atoms with Gasteiger partial charge in [0.05, 0.1) is 23.8 Å². The number of thiophene rings is 1. The summed E-state index contributed by atoms with van der Waals surface area (Å²) in [4.78, 5) is 17.7. The highest BCUT2D eigenvalue weighted by molar-refractivity contribution is 7.21. The van der Waals surface area contributed by atoms with Gasteiger partial charge in [0.25, 0.3) is 0 Å². The summed E-state index contributed by atoms with van der Waals surface area (Å²) in [7, 11) is 2.47. The van der Waals surface area contributed by atoms with Gasteiger partial charge in [-0.3, -0.25) is 9.78 Å². The maximum Gasteiger partial charge on any atom is 0.209 e. The van der Waals surface area contributed by atoms with Crippen LogP contribution in [0.5, 0.6) is 11.5 Å². The number of rotatable bonds is 6. The minimum Gasteiger partial charge on any atom is -0.494 e. The zero-order valence-electron chi connectivity index (χ0n) is 17.7. The minimum absolute atomic E-state index is 0.183. The van der Waals surface area contributed by atoms with E-state index in [9.17, 15) is 13.6 Å². The van der Waals surface area contributed by atoms with E-state index in [1.165, 1.54) is 14.2 Å². The number of carbonyl (C=O) groups is 1. The molecular weight excluding hydrogens is 434 g/mol. The second kappa shape index (κ2) is 8.55. The summed E-state index contributed by atoms with van der Waals surface area (Å²) in [5.74, 6) is -3.47. The fourth-order valence-corrected chi connectivity index (χ4v) is 4.51. The third-order valence-electron chi connectivity index (χ3n) is 5.29. The van der Waals surface area contributed by atoms with Gasteiger partial charge in [0, 0.05) is 30.1 Å². The first-order valence-corrected chi connectivity index (χ1v) is 10.5. The largest absolute Gasteiger partial charge is 0.494 e. The van der Waals surface area contributed by atoms with Crippen molar-refractivity contribution in [3.63, 3.8) is 0 Å². The zero-order chi connectivity index (χ0) is 23.0. The molecule has 0 unspecified atom stereocenters. The van der Waals surface area contributed by atoms with E-state index in [-0.39, 0.29) is 16.4 Å². The predicted molar refractivity (Wildman–Crippen MR) is 121 cm³/mol. The maximum absolute atomic E-state index is 14.8. The van der Waals surface area contributed by atoms with Crippen LogP contribution < -0.4 is 15.2 Å². The van der Waals surface area contributed by atoms with Crippen LogP contribution in [0.2, 0.25) is 0 Å². The van der Waals surface area contributed by atoms with Gasteiger partial charge in [-0.2, -0.15) is 0 Å². The van der Waals surface area contributed by atoms with Crippen molar-refractivity contribution >= 4 is 32.9 Å². The molecule has 2 N–H and O–H groups in total. The molecular formula is C24H20F2N2O3S. The number of ether oxygens (including phenoxy) is 2. The summed E-state index contributed by atoms with van der Waals surface area (Å²) in [5.41, 5.74) is 8.90. The number of nitrogens with two attached hydrogens (primary N) is 1.